The summed E-state index contributed by atoms with van der Waals surface area (Å²) in [6, 6.07) is 4.03. The molecule has 1 atom stereocenters. The number of amides is 1. The van der Waals surface area contributed by atoms with Gasteiger partial charge < -0.3 is 5.32 Å². The van der Waals surface area contributed by atoms with Crippen molar-refractivity contribution >= 4 is 33.2 Å². The number of carbonyl (C=O) groups is 1. The molecule has 0 saturated carbocycles. The zero-order valence-corrected chi connectivity index (χ0v) is 12.9. The smallest absolute Gasteiger partial charge is 0.261 e. The quantitative estimate of drug-likeness (QED) is 0.732. The van der Waals surface area contributed by atoms with Gasteiger partial charge in [-0.05, 0) is 41.4 Å². The van der Waals surface area contributed by atoms with Crippen LogP contribution in [0, 0.1) is 0 Å². The van der Waals surface area contributed by atoms with Crippen LogP contribution in [0.2, 0.25) is 0 Å². The molecule has 0 aromatic carbocycles. The van der Waals surface area contributed by atoms with Crippen molar-refractivity contribution in [1.29, 1.82) is 0 Å². The van der Waals surface area contributed by atoms with Gasteiger partial charge >= 0.3 is 0 Å². The van der Waals surface area contributed by atoms with Crippen LogP contribution >= 0.6 is 27.3 Å². The second kappa shape index (κ2) is 7.88. The van der Waals surface area contributed by atoms with Gasteiger partial charge in [0, 0.05) is 6.04 Å². The third kappa shape index (κ3) is 5.68. The van der Waals surface area contributed by atoms with Crippen LogP contribution < -0.4 is 5.32 Å². The Labute approximate surface area is 116 Å². The lowest BCUT2D eigenvalue weighted by atomic mass is 10.1. The first-order chi connectivity index (χ1) is 8.13. The number of hydrogen-bond acceptors (Lipinski definition) is 2. The molecule has 1 amide bonds. The molecule has 2 nitrogen and oxygen atoms in total. The number of carbonyl (C=O) groups excluding carboxylic acids is 1. The van der Waals surface area contributed by atoms with Crippen LogP contribution in [0.4, 0.5) is 0 Å². The molecule has 1 N–H and O–H groups in total. The van der Waals surface area contributed by atoms with E-state index in [2.05, 4.69) is 35.1 Å². The highest BCUT2D eigenvalue weighted by atomic mass is 79.9. The first-order valence-electron chi connectivity index (χ1n) is 6.19. The minimum absolute atomic E-state index is 0.0451. The summed E-state index contributed by atoms with van der Waals surface area (Å²) in [5, 5.41) is 3.04. The maximum absolute atomic E-state index is 11.8. The lowest BCUT2D eigenvalue weighted by Crippen LogP contribution is -2.31. The zero-order valence-electron chi connectivity index (χ0n) is 10.5. The molecule has 1 aromatic heterocycles. The molecule has 1 rings (SSSR count). The number of nitrogens with one attached hydrogen (secondary N) is 1. The number of unbranched alkanes of at least 4 members (excludes halogenated alkanes) is 3. The van der Waals surface area contributed by atoms with E-state index in [1.54, 1.807) is 0 Å². The van der Waals surface area contributed by atoms with Crippen molar-refractivity contribution in [3.8, 4) is 0 Å². The molecule has 1 unspecified atom stereocenters. The summed E-state index contributed by atoms with van der Waals surface area (Å²) < 4.78 is 0.998. The van der Waals surface area contributed by atoms with E-state index in [1.807, 2.05) is 12.1 Å². The van der Waals surface area contributed by atoms with E-state index >= 15 is 0 Å². The standard InChI is InChI=1S/C13H20BrNOS/c1-3-4-5-6-7-10(2)15-13(16)11-8-9-12(14)17-11/h8-10H,3-7H2,1-2H3,(H,15,16). The van der Waals surface area contributed by atoms with Crippen molar-refractivity contribution in [2.75, 3.05) is 0 Å². The first kappa shape index (κ1) is 14.7. The molecule has 0 spiro atoms. The highest BCUT2D eigenvalue weighted by Crippen LogP contribution is 2.22. The summed E-state index contributed by atoms with van der Waals surface area (Å²) >= 11 is 4.84. The van der Waals surface area contributed by atoms with Crippen molar-refractivity contribution < 1.29 is 4.79 Å². The third-order valence-corrected chi connectivity index (χ3v) is 4.29. The van der Waals surface area contributed by atoms with Crippen LogP contribution in [-0.4, -0.2) is 11.9 Å². The van der Waals surface area contributed by atoms with Gasteiger partial charge in [0.25, 0.3) is 5.91 Å². The van der Waals surface area contributed by atoms with Crippen molar-refractivity contribution in [3.05, 3.63) is 20.8 Å². The normalized spacial score (nSPS) is 12.4. The summed E-state index contributed by atoms with van der Waals surface area (Å²) in [6.45, 7) is 4.28. The molecule has 0 radical (unpaired) electrons. The zero-order chi connectivity index (χ0) is 12.7. The van der Waals surface area contributed by atoms with Gasteiger partial charge in [0.15, 0.2) is 0 Å². The lowest BCUT2D eigenvalue weighted by molar-refractivity contribution is 0.0942. The lowest BCUT2D eigenvalue weighted by Gasteiger charge is -2.12. The van der Waals surface area contributed by atoms with E-state index in [0.717, 1.165) is 15.1 Å². The van der Waals surface area contributed by atoms with E-state index in [-0.39, 0.29) is 11.9 Å². The third-order valence-electron chi connectivity index (χ3n) is 2.67. The average molecular weight is 318 g/mol. The Hall–Kier alpha value is -0.350. The SMILES string of the molecule is CCCCCCC(C)NC(=O)c1ccc(Br)s1. The maximum atomic E-state index is 11.8. The minimum atomic E-state index is 0.0451. The Morgan fingerprint density at radius 3 is 2.76 bits per heavy atom. The molecule has 1 aromatic rings. The molecular formula is C13H20BrNOS. The molecule has 0 bridgehead atoms. The second-order valence-electron chi connectivity index (χ2n) is 4.33. The number of halogens is 1. The highest BCUT2D eigenvalue weighted by Gasteiger charge is 2.11. The van der Waals surface area contributed by atoms with Crippen molar-refractivity contribution in [1.82, 2.24) is 5.32 Å². The van der Waals surface area contributed by atoms with Gasteiger partial charge in [0.1, 0.15) is 0 Å². The Balaban J connectivity index is 2.26. The van der Waals surface area contributed by atoms with E-state index in [1.165, 1.54) is 37.0 Å². The molecule has 0 aliphatic heterocycles. The van der Waals surface area contributed by atoms with Crippen LogP contribution in [0.3, 0.4) is 0 Å². The first-order valence-corrected chi connectivity index (χ1v) is 7.80. The van der Waals surface area contributed by atoms with Crippen LogP contribution in [-0.2, 0) is 0 Å². The summed E-state index contributed by atoms with van der Waals surface area (Å²) in [5.74, 6) is 0.0451. The van der Waals surface area contributed by atoms with Crippen LogP contribution in [0.1, 0.15) is 55.6 Å². The van der Waals surface area contributed by atoms with Gasteiger partial charge in [-0.15, -0.1) is 11.3 Å². The summed E-state index contributed by atoms with van der Waals surface area (Å²) in [5.41, 5.74) is 0. The molecule has 1 heterocycles. The fourth-order valence-electron chi connectivity index (χ4n) is 1.68. The summed E-state index contributed by atoms with van der Waals surface area (Å²) in [6.07, 6.45) is 6.07. The van der Waals surface area contributed by atoms with Crippen molar-refractivity contribution in [2.45, 2.75) is 52.0 Å². The fraction of sp³-hybridized carbons (Fsp3) is 0.615. The predicted octanol–water partition coefficient (Wildman–Crippen LogP) is 4.60. The summed E-state index contributed by atoms with van der Waals surface area (Å²) in [4.78, 5) is 12.6. The Morgan fingerprint density at radius 2 is 2.18 bits per heavy atom. The predicted molar refractivity (Wildman–Crippen MR) is 77.7 cm³/mol. The van der Waals surface area contributed by atoms with Gasteiger partial charge in [-0.1, -0.05) is 32.6 Å². The van der Waals surface area contributed by atoms with E-state index < -0.39 is 0 Å². The largest absolute Gasteiger partial charge is 0.349 e. The highest BCUT2D eigenvalue weighted by molar-refractivity contribution is 9.11. The average Bonchev–Trinajstić information content (AvgIpc) is 2.71. The molecule has 0 aliphatic carbocycles. The maximum Gasteiger partial charge on any atom is 0.261 e. The number of hydrogen-bond donors (Lipinski definition) is 1. The minimum Gasteiger partial charge on any atom is -0.349 e. The summed E-state index contributed by atoms with van der Waals surface area (Å²) in [7, 11) is 0. The molecule has 0 aliphatic rings. The monoisotopic (exact) mass is 317 g/mol. The van der Waals surface area contributed by atoms with E-state index in [0.29, 0.717) is 0 Å². The molecule has 4 heteroatoms. The molecule has 17 heavy (non-hydrogen) atoms. The number of thiophene rings is 1. The van der Waals surface area contributed by atoms with Crippen molar-refractivity contribution in [3.63, 3.8) is 0 Å². The Kier molecular flexibility index (Phi) is 6.82. The van der Waals surface area contributed by atoms with Gasteiger partial charge in [-0.25, -0.2) is 0 Å². The molecule has 0 saturated heterocycles. The molecule has 96 valence electrons. The van der Waals surface area contributed by atoms with Gasteiger partial charge in [0.05, 0.1) is 8.66 Å². The van der Waals surface area contributed by atoms with Gasteiger partial charge in [-0.3, -0.25) is 4.79 Å². The van der Waals surface area contributed by atoms with Crippen LogP contribution in [0.15, 0.2) is 15.9 Å². The Morgan fingerprint density at radius 1 is 1.41 bits per heavy atom. The van der Waals surface area contributed by atoms with E-state index in [4.69, 9.17) is 0 Å². The van der Waals surface area contributed by atoms with Crippen LogP contribution in [0.5, 0.6) is 0 Å². The van der Waals surface area contributed by atoms with Gasteiger partial charge in [0.2, 0.25) is 0 Å². The second-order valence-corrected chi connectivity index (χ2v) is 6.79. The fourth-order valence-corrected chi connectivity index (χ4v) is 2.97. The van der Waals surface area contributed by atoms with E-state index in [9.17, 15) is 4.79 Å². The van der Waals surface area contributed by atoms with Crippen molar-refractivity contribution in [2.24, 2.45) is 0 Å². The topological polar surface area (TPSA) is 29.1 Å². The number of rotatable bonds is 7. The molecular weight excluding hydrogens is 298 g/mol. The Bertz CT molecular complexity index is 351. The van der Waals surface area contributed by atoms with Gasteiger partial charge in [-0.2, -0.15) is 0 Å². The molecule has 0 fully saturated rings. The van der Waals surface area contributed by atoms with Crippen LogP contribution in [0.25, 0.3) is 0 Å².